The number of aliphatic hydroxyl groups is 4. The van der Waals surface area contributed by atoms with Gasteiger partial charge in [0, 0.05) is 6.61 Å². The Morgan fingerprint density at radius 2 is 1.71 bits per heavy atom. The number of hydrogen-bond acceptors (Lipinski definition) is 7. The summed E-state index contributed by atoms with van der Waals surface area (Å²) in [6, 6.07) is 7.86. The number of aryl methyl sites for hydroxylation is 1. The molecule has 4 N–H and O–H groups in total. The van der Waals surface area contributed by atoms with Crippen LogP contribution < -0.4 is 4.74 Å². The average Bonchev–Trinajstić information content (AvgIpc) is 2.61. The van der Waals surface area contributed by atoms with Crippen molar-refractivity contribution in [3.8, 4) is 5.75 Å². The summed E-state index contributed by atoms with van der Waals surface area (Å²) in [7, 11) is 1.63. The van der Waals surface area contributed by atoms with E-state index in [9.17, 15) is 15.3 Å². The minimum Gasteiger partial charge on any atom is -0.497 e. The highest BCUT2D eigenvalue weighted by Gasteiger charge is 2.43. The van der Waals surface area contributed by atoms with E-state index in [1.54, 1.807) is 7.11 Å². The molecule has 0 radical (unpaired) electrons. The van der Waals surface area contributed by atoms with Crippen LogP contribution in [0.25, 0.3) is 0 Å². The van der Waals surface area contributed by atoms with Gasteiger partial charge in [0.25, 0.3) is 0 Å². The summed E-state index contributed by atoms with van der Waals surface area (Å²) >= 11 is 0. The van der Waals surface area contributed by atoms with E-state index in [2.05, 4.69) is 0 Å². The Morgan fingerprint density at radius 3 is 2.33 bits per heavy atom. The van der Waals surface area contributed by atoms with Gasteiger partial charge in [0.2, 0.25) is 0 Å². The number of aliphatic hydroxyl groups excluding tert-OH is 4. The Labute approximate surface area is 141 Å². The molecule has 2 rings (SSSR count). The van der Waals surface area contributed by atoms with Crippen molar-refractivity contribution < 1.29 is 34.6 Å². The molecule has 0 unspecified atom stereocenters. The lowest BCUT2D eigenvalue weighted by atomic mass is 9.99. The zero-order chi connectivity index (χ0) is 17.5. The van der Waals surface area contributed by atoms with Crippen LogP contribution in [0.5, 0.6) is 5.75 Å². The first-order valence-electron chi connectivity index (χ1n) is 8.12. The molecular weight excluding hydrogens is 316 g/mol. The van der Waals surface area contributed by atoms with Crippen LogP contribution in [0.3, 0.4) is 0 Å². The molecule has 0 spiro atoms. The van der Waals surface area contributed by atoms with E-state index in [-0.39, 0.29) is 0 Å². The summed E-state index contributed by atoms with van der Waals surface area (Å²) < 4.78 is 15.8. The molecule has 0 saturated carbocycles. The average molecular weight is 342 g/mol. The number of rotatable bonds is 8. The first-order chi connectivity index (χ1) is 11.6. The van der Waals surface area contributed by atoms with E-state index in [0.29, 0.717) is 6.61 Å². The van der Waals surface area contributed by atoms with Crippen molar-refractivity contribution in [2.75, 3.05) is 20.3 Å². The van der Waals surface area contributed by atoms with Gasteiger partial charge in [0.15, 0.2) is 6.29 Å². The molecule has 5 atom stereocenters. The Hall–Kier alpha value is -1.22. The first-order valence-corrected chi connectivity index (χ1v) is 8.12. The van der Waals surface area contributed by atoms with Gasteiger partial charge in [0.05, 0.1) is 13.7 Å². The normalized spacial score (nSPS) is 30.3. The lowest BCUT2D eigenvalue weighted by molar-refractivity contribution is -0.301. The highest BCUT2D eigenvalue weighted by Crippen LogP contribution is 2.22. The lowest BCUT2D eigenvalue weighted by Crippen LogP contribution is -2.59. The van der Waals surface area contributed by atoms with Crippen LogP contribution in [0, 0.1) is 0 Å². The molecular formula is C17H26O7. The fraction of sp³-hybridized carbons (Fsp3) is 0.647. The van der Waals surface area contributed by atoms with Gasteiger partial charge in [-0.1, -0.05) is 12.1 Å². The van der Waals surface area contributed by atoms with Gasteiger partial charge in [0.1, 0.15) is 30.2 Å². The van der Waals surface area contributed by atoms with E-state index in [1.807, 2.05) is 24.3 Å². The summed E-state index contributed by atoms with van der Waals surface area (Å²) in [5.41, 5.74) is 1.20. The maximum absolute atomic E-state index is 9.85. The predicted molar refractivity (Wildman–Crippen MR) is 85.7 cm³/mol. The van der Waals surface area contributed by atoms with E-state index in [4.69, 9.17) is 19.3 Å². The minimum atomic E-state index is -1.40. The number of methoxy groups -OCH3 is 1. The molecule has 1 aromatic carbocycles. The number of ether oxygens (including phenoxy) is 3. The molecule has 7 heteroatoms. The van der Waals surface area contributed by atoms with Crippen LogP contribution in [0.4, 0.5) is 0 Å². The van der Waals surface area contributed by atoms with Crippen LogP contribution in [0.2, 0.25) is 0 Å². The zero-order valence-corrected chi connectivity index (χ0v) is 13.7. The molecule has 1 heterocycles. The van der Waals surface area contributed by atoms with Crippen LogP contribution in [0.15, 0.2) is 24.3 Å². The van der Waals surface area contributed by atoms with Crippen molar-refractivity contribution in [2.24, 2.45) is 0 Å². The monoisotopic (exact) mass is 342 g/mol. The van der Waals surface area contributed by atoms with Crippen LogP contribution in [0.1, 0.15) is 18.4 Å². The molecule has 1 aliphatic rings. The predicted octanol–water partition coefficient (Wildman–Crippen LogP) is -0.166. The molecule has 1 fully saturated rings. The van der Waals surface area contributed by atoms with E-state index in [1.165, 1.54) is 5.56 Å². The fourth-order valence-electron chi connectivity index (χ4n) is 2.63. The Balaban J connectivity index is 1.69. The van der Waals surface area contributed by atoms with E-state index in [0.717, 1.165) is 25.0 Å². The molecule has 0 aliphatic carbocycles. The Bertz CT molecular complexity index is 476. The molecule has 1 saturated heterocycles. The van der Waals surface area contributed by atoms with Gasteiger partial charge in [-0.05, 0) is 37.0 Å². The highest BCUT2D eigenvalue weighted by molar-refractivity contribution is 5.27. The molecule has 0 amide bonds. The van der Waals surface area contributed by atoms with E-state index < -0.39 is 37.3 Å². The molecule has 0 bridgehead atoms. The maximum atomic E-state index is 9.85. The molecule has 24 heavy (non-hydrogen) atoms. The summed E-state index contributed by atoms with van der Waals surface area (Å²) in [6.07, 6.45) is -3.56. The van der Waals surface area contributed by atoms with Crippen molar-refractivity contribution in [3.05, 3.63) is 29.8 Å². The largest absolute Gasteiger partial charge is 0.497 e. The molecule has 1 aromatic rings. The topological polar surface area (TPSA) is 109 Å². The first kappa shape index (κ1) is 19.1. The third-order valence-corrected chi connectivity index (χ3v) is 4.15. The molecule has 0 aromatic heterocycles. The Morgan fingerprint density at radius 1 is 1.00 bits per heavy atom. The fourth-order valence-corrected chi connectivity index (χ4v) is 2.63. The van der Waals surface area contributed by atoms with Gasteiger partial charge < -0.3 is 34.6 Å². The summed E-state index contributed by atoms with van der Waals surface area (Å²) in [5.74, 6) is 0.824. The second-order valence-corrected chi connectivity index (χ2v) is 5.87. The lowest BCUT2D eigenvalue weighted by Gasteiger charge is -2.39. The molecule has 7 nitrogen and oxygen atoms in total. The summed E-state index contributed by atoms with van der Waals surface area (Å²) in [5, 5.41) is 38.3. The zero-order valence-electron chi connectivity index (χ0n) is 13.7. The minimum absolute atomic E-state index is 0.346. The third kappa shape index (κ3) is 4.89. The van der Waals surface area contributed by atoms with Crippen LogP contribution in [-0.4, -0.2) is 71.5 Å². The standard InChI is InChI=1S/C17H26O7/c1-22-12-7-5-11(6-8-12)4-2-3-9-23-17-16(21)15(20)14(19)13(10-18)24-17/h5-8,13-21H,2-4,9-10H2,1H3/t13-,14-,15+,16-,17-/m1/s1. The Kier molecular flexibility index (Phi) is 7.41. The second kappa shape index (κ2) is 9.31. The summed E-state index contributed by atoms with van der Waals surface area (Å²) in [4.78, 5) is 0. The quantitative estimate of drug-likeness (QED) is 0.486. The SMILES string of the molecule is COc1ccc(CCCCO[C@@H]2O[C@H](CO)[C@@H](O)[C@H](O)[C@H]2O)cc1. The maximum Gasteiger partial charge on any atom is 0.186 e. The summed E-state index contributed by atoms with van der Waals surface area (Å²) in [6.45, 7) is -0.110. The van der Waals surface area contributed by atoms with Crippen molar-refractivity contribution in [1.29, 1.82) is 0 Å². The van der Waals surface area contributed by atoms with Crippen molar-refractivity contribution in [1.82, 2.24) is 0 Å². The molecule has 1 aliphatic heterocycles. The van der Waals surface area contributed by atoms with E-state index >= 15 is 0 Å². The van der Waals surface area contributed by atoms with Gasteiger partial charge in [-0.15, -0.1) is 0 Å². The van der Waals surface area contributed by atoms with Crippen LogP contribution >= 0.6 is 0 Å². The van der Waals surface area contributed by atoms with Gasteiger partial charge in [-0.25, -0.2) is 0 Å². The highest BCUT2D eigenvalue weighted by atomic mass is 16.7. The van der Waals surface area contributed by atoms with Crippen molar-refractivity contribution >= 4 is 0 Å². The van der Waals surface area contributed by atoms with Gasteiger partial charge >= 0.3 is 0 Å². The second-order valence-electron chi connectivity index (χ2n) is 5.87. The smallest absolute Gasteiger partial charge is 0.186 e. The number of benzene rings is 1. The number of hydrogen-bond donors (Lipinski definition) is 4. The number of unbranched alkanes of at least 4 members (excludes halogenated alkanes) is 1. The van der Waals surface area contributed by atoms with Gasteiger partial charge in [-0.3, -0.25) is 0 Å². The van der Waals surface area contributed by atoms with Crippen molar-refractivity contribution in [2.45, 2.75) is 50.0 Å². The van der Waals surface area contributed by atoms with Gasteiger partial charge in [-0.2, -0.15) is 0 Å². The molecule has 136 valence electrons. The third-order valence-electron chi connectivity index (χ3n) is 4.15. The van der Waals surface area contributed by atoms with Crippen LogP contribution in [-0.2, 0) is 15.9 Å². The van der Waals surface area contributed by atoms with Crippen molar-refractivity contribution in [3.63, 3.8) is 0 Å².